The molecular formula is C31H36F3N5O. The number of pyridine rings is 2. The van der Waals surface area contributed by atoms with Gasteiger partial charge in [-0.1, -0.05) is 31.9 Å². The standard InChI is InChI=1S/C31H36F3N5O/c1-30(13-5-15-39(20-30)25-10-11-27(37-19-25)31(32,33)34)18-24-6-2-3-9-26(24)38-28-17-22(12-14-36-28)21-7-4-8-23(16-21)29(35)40/h4,7-8,10-12,14,16-17,19,24,26H,2-3,5-6,9,13,15,18,20H2,1H3,(H2,35,40)(H,36,38)/t24-,26+,30+/m0/s1. The highest BCUT2D eigenvalue weighted by molar-refractivity contribution is 5.94. The molecule has 1 aliphatic carbocycles. The molecule has 2 fully saturated rings. The van der Waals surface area contributed by atoms with E-state index in [-0.39, 0.29) is 11.5 Å². The van der Waals surface area contributed by atoms with Crippen molar-refractivity contribution in [3.8, 4) is 11.1 Å². The minimum atomic E-state index is -4.43. The predicted octanol–water partition coefficient (Wildman–Crippen LogP) is 6.93. The Kier molecular flexibility index (Phi) is 8.01. The zero-order chi connectivity index (χ0) is 28.3. The first-order valence-electron chi connectivity index (χ1n) is 14.0. The molecular weight excluding hydrogens is 515 g/mol. The molecule has 3 atom stereocenters. The number of aromatic nitrogens is 2. The maximum atomic E-state index is 13.0. The van der Waals surface area contributed by atoms with Crippen molar-refractivity contribution in [2.75, 3.05) is 23.3 Å². The van der Waals surface area contributed by atoms with E-state index < -0.39 is 17.8 Å². The lowest BCUT2D eigenvalue weighted by molar-refractivity contribution is -0.141. The molecule has 1 amide bonds. The van der Waals surface area contributed by atoms with E-state index in [2.05, 4.69) is 27.1 Å². The van der Waals surface area contributed by atoms with E-state index >= 15 is 0 Å². The van der Waals surface area contributed by atoms with Gasteiger partial charge in [0.25, 0.3) is 0 Å². The first-order chi connectivity index (χ1) is 19.1. The minimum Gasteiger partial charge on any atom is -0.370 e. The second kappa shape index (κ2) is 11.5. The van der Waals surface area contributed by atoms with Gasteiger partial charge in [0.15, 0.2) is 0 Å². The number of nitrogens with two attached hydrogens (primary N) is 1. The number of hydrogen-bond donors (Lipinski definition) is 2. The van der Waals surface area contributed by atoms with Crippen LogP contribution in [0.2, 0.25) is 0 Å². The van der Waals surface area contributed by atoms with Gasteiger partial charge in [-0.25, -0.2) is 9.97 Å². The Morgan fingerprint density at radius 3 is 2.62 bits per heavy atom. The highest BCUT2D eigenvalue weighted by Gasteiger charge is 2.37. The summed E-state index contributed by atoms with van der Waals surface area (Å²) in [6.45, 7) is 3.93. The summed E-state index contributed by atoms with van der Waals surface area (Å²) >= 11 is 0. The van der Waals surface area contributed by atoms with E-state index in [9.17, 15) is 18.0 Å². The molecule has 3 heterocycles. The smallest absolute Gasteiger partial charge is 0.370 e. The molecule has 2 aromatic heterocycles. The molecule has 0 radical (unpaired) electrons. The first-order valence-corrected chi connectivity index (χ1v) is 14.0. The monoisotopic (exact) mass is 551 g/mol. The fourth-order valence-corrected chi connectivity index (χ4v) is 6.45. The van der Waals surface area contributed by atoms with Crippen LogP contribution in [-0.4, -0.2) is 35.0 Å². The number of benzene rings is 1. The number of rotatable bonds is 7. The third-order valence-electron chi connectivity index (χ3n) is 8.42. The van der Waals surface area contributed by atoms with Crippen molar-refractivity contribution in [2.24, 2.45) is 17.1 Å². The first kappa shape index (κ1) is 27.9. The molecule has 0 spiro atoms. The summed E-state index contributed by atoms with van der Waals surface area (Å²) in [6.07, 6.45) is 6.39. The molecule has 2 aliphatic rings. The Hall–Kier alpha value is -3.62. The van der Waals surface area contributed by atoms with Crippen molar-refractivity contribution < 1.29 is 18.0 Å². The lowest BCUT2D eigenvalue weighted by Gasteiger charge is -2.45. The van der Waals surface area contributed by atoms with Gasteiger partial charge in [0.1, 0.15) is 11.5 Å². The van der Waals surface area contributed by atoms with Crippen LogP contribution in [0, 0.1) is 11.3 Å². The summed E-state index contributed by atoms with van der Waals surface area (Å²) in [7, 11) is 0. The molecule has 5 rings (SSSR count). The van der Waals surface area contributed by atoms with Crippen molar-refractivity contribution >= 4 is 17.4 Å². The van der Waals surface area contributed by atoms with E-state index in [1.54, 1.807) is 24.4 Å². The van der Waals surface area contributed by atoms with Gasteiger partial charge in [-0.3, -0.25) is 4.79 Å². The molecule has 0 unspecified atom stereocenters. The van der Waals surface area contributed by atoms with Gasteiger partial charge in [0.05, 0.1) is 11.9 Å². The van der Waals surface area contributed by atoms with E-state index in [1.165, 1.54) is 12.6 Å². The maximum Gasteiger partial charge on any atom is 0.433 e. The average Bonchev–Trinajstić information content (AvgIpc) is 2.94. The van der Waals surface area contributed by atoms with E-state index in [0.29, 0.717) is 11.5 Å². The lowest BCUT2D eigenvalue weighted by Crippen LogP contribution is -2.45. The predicted molar refractivity (Wildman–Crippen MR) is 151 cm³/mol. The van der Waals surface area contributed by atoms with E-state index in [1.807, 2.05) is 24.3 Å². The number of primary amides is 1. The number of anilines is 2. The lowest BCUT2D eigenvalue weighted by atomic mass is 9.70. The number of amides is 1. The number of carbonyl (C=O) groups is 1. The zero-order valence-electron chi connectivity index (χ0n) is 22.8. The summed E-state index contributed by atoms with van der Waals surface area (Å²) in [6, 6.07) is 14.1. The van der Waals surface area contributed by atoms with Gasteiger partial charge in [-0.15, -0.1) is 0 Å². The molecule has 3 aromatic rings. The molecule has 3 N–H and O–H groups in total. The Balaban J connectivity index is 1.28. The number of piperidine rings is 1. The fourth-order valence-electron chi connectivity index (χ4n) is 6.45. The van der Waals surface area contributed by atoms with Crippen LogP contribution in [0.25, 0.3) is 11.1 Å². The fraction of sp³-hybridized carbons (Fsp3) is 0.452. The van der Waals surface area contributed by atoms with Crippen molar-refractivity contribution in [1.29, 1.82) is 0 Å². The molecule has 9 heteroatoms. The third-order valence-corrected chi connectivity index (χ3v) is 8.42. The Bertz CT molecular complexity index is 1330. The van der Waals surface area contributed by atoms with Crippen molar-refractivity contribution in [2.45, 2.75) is 64.1 Å². The number of nitrogens with zero attached hydrogens (tertiary/aromatic N) is 3. The van der Waals surface area contributed by atoms with Gasteiger partial charge in [-0.05, 0) is 91.0 Å². The summed E-state index contributed by atoms with van der Waals surface area (Å²) in [5.41, 5.74) is 7.76. The largest absolute Gasteiger partial charge is 0.433 e. The number of carbonyl (C=O) groups excluding carboxylic acids is 1. The molecule has 212 valence electrons. The molecule has 40 heavy (non-hydrogen) atoms. The van der Waals surface area contributed by atoms with Gasteiger partial charge in [0.2, 0.25) is 5.91 Å². The topological polar surface area (TPSA) is 84.1 Å². The quantitative estimate of drug-likeness (QED) is 0.333. The molecule has 6 nitrogen and oxygen atoms in total. The highest BCUT2D eigenvalue weighted by atomic mass is 19.4. The maximum absolute atomic E-state index is 13.0. The van der Waals surface area contributed by atoms with Crippen LogP contribution in [0.5, 0.6) is 0 Å². The normalized spacial score (nSPS) is 23.6. The molecule has 1 aromatic carbocycles. The third kappa shape index (κ3) is 6.57. The number of hydrogen-bond acceptors (Lipinski definition) is 5. The van der Waals surface area contributed by atoms with Crippen molar-refractivity contribution in [3.63, 3.8) is 0 Å². The average molecular weight is 552 g/mol. The van der Waals surface area contributed by atoms with Gasteiger partial charge in [-0.2, -0.15) is 13.2 Å². The van der Waals surface area contributed by atoms with Crippen LogP contribution in [0.15, 0.2) is 60.9 Å². The highest BCUT2D eigenvalue weighted by Crippen LogP contribution is 2.42. The Morgan fingerprint density at radius 2 is 1.88 bits per heavy atom. The molecule has 1 aliphatic heterocycles. The number of halogens is 3. The SMILES string of the molecule is C[C@]1(C[C@@H]2CCCC[C@H]2Nc2cc(-c3cccc(C(N)=O)c3)ccn2)CCCN(c2ccc(C(F)(F)F)nc2)C1. The van der Waals surface area contributed by atoms with Crippen molar-refractivity contribution in [1.82, 2.24) is 9.97 Å². The van der Waals surface area contributed by atoms with Crippen LogP contribution < -0.4 is 16.0 Å². The summed E-state index contributed by atoms with van der Waals surface area (Å²) in [5.74, 6) is 0.821. The van der Waals surface area contributed by atoms with Crippen LogP contribution in [0.1, 0.15) is 67.9 Å². The van der Waals surface area contributed by atoms with Crippen LogP contribution in [0.3, 0.4) is 0 Å². The van der Waals surface area contributed by atoms with Gasteiger partial charge in [0, 0.05) is 30.9 Å². The Labute approximate surface area is 233 Å². The van der Waals surface area contributed by atoms with Crippen LogP contribution in [-0.2, 0) is 6.18 Å². The molecule has 1 saturated carbocycles. The number of alkyl halides is 3. The molecule has 0 bridgehead atoms. The van der Waals surface area contributed by atoms with Crippen LogP contribution in [0.4, 0.5) is 24.7 Å². The molecule has 1 saturated heterocycles. The number of nitrogens with one attached hydrogen (secondary N) is 1. The summed E-state index contributed by atoms with van der Waals surface area (Å²) in [4.78, 5) is 22.1. The second-order valence-electron chi connectivity index (χ2n) is 11.6. The van der Waals surface area contributed by atoms with Crippen LogP contribution >= 0.6 is 0 Å². The van der Waals surface area contributed by atoms with E-state index in [0.717, 1.165) is 80.3 Å². The van der Waals surface area contributed by atoms with Gasteiger partial charge >= 0.3 is 6.18 Å². The Morgan fingerprint density at radius 1 is 1.07 bits per heavy atom. The van der Waals surface area contributed by atoms with Gasteiger partial charge < -0.3 is 16.0 Å². The summed E-state index contributed by atoms with van der Waals surface area (Å²) < 4.78 is 39.0. The minimum absolute atomic E-state index is 0.0490. The second-order valence-corrected chi connectivity index (χ2v) is 11.6. The summed E-state index contributed by atoms with van der Waals surface area (Å²) in [5, 5.41) is 3.72. The van der Waals surface area contributed by atoms with E-state index in [4.69, 9.17) is 5.73 Å². The van der Waals surface area contributed by atoms with Crippen molar-refractivity contribution in [3.05, 3.63) is 72.2 Å². The zero-order valence-corrected chi connectivity index (χ0v) is 22.8.